The number of methoxy groups -OCH3 is 1. The first-order valence-electron chi connectivity index (χ1n) is 8.87. The number of rotatable bonds is 5. The molecule has 1 aromatic rings. The zero-order chi connectivity index (χ0) is 16.9. The fourth-order valence-corrected chi connectivity index (χ4v) is 3.89. The number of carbonyl (C=O) groups excluding carboxylic acids is 1. The maximum atomic E-state index is 12.7. The van der Waals surface area contributed by atoms with Crippen molar-refractivity contribution in [3.05, 3.63) is 29.8 Å². The predicted molar refractivity (Wildman–Crippen MR) is 91.0 cm³/mol. The third-order valence-corrected chi connectivity index (χ3v) is 5.30. The minimum absolute atomic E-state index is 0.0274. The number of hydrogen-bond acceptors (Lipinski definition) is 4. The number of aryl methyl sites for hydroxylation is 1. The Kier molecular flexibility index (Phi) is 5.74. The lowest BCUT2D eigenvalue weighted by Gasteiger charge is -2.40. The Bertz CT molecular complexity index is 545. The zero-order valence-electron chi connectivity index (χ0n) is 14.3. The normalized spacial score (nSPS) is 27.2. The molecule has 5 heteroatoms. The molecule has 3 atom stereocenters. The van der Waals surface area contributed by atoms with Crippen LogP contribution in [0.5, 0.6) is 5.75 Å². The monoisotopic (exact) mass is 333 g/mol. The third-order valence-electron chi connectivity index (χ3n) is 5.30. The molecule has 1 aliphatic heterocycles. The summed E-state index contributed by atoms with van der Waals surface area (Å²) in [7, 11) is 1.65. The van der Waals surface area contributed by atoms with Crippen LogP contribution in [0.4, 0.5) is 0 Å². The number of hydrogen-bond donors (Lipinski definition) is 1. The van der Waals surface area contributed by atoms with Crippen LogP contribution in [-0.2, 0) is 16.0 Å². The Morgan fingerprint density at radius 1 is 1.33 bits per heavy atom. The van der Waals surface area contributed by atoms with E-state index in [2.05, 4.69) is 0 Å². The van der Waals surface area contributed by atoms with Crippen LogP contribution in [-0.4, -0.2) is 54.9 Å². The number of morpholine rings is 1. The highest BCUT2D eigenvalue weighted by Crippen LogP contribution is 2.32. The van der Waals surface area contributed by atoms with Gasteiger partial charge in [0.05, 0.1) is 32.5 Å². The molecule has 1 amide bonds. The summed E-state index contributed by atoms with van der Waals surface area (Å²) in [5.41, 5.74) is 1.13. The lowest BCUT2D eigenvalue weighted by atomic mass is 9.93. The van der Waals surface area contributed by atoms with Crippen molar-refractivity contribution in [1.82, 2.24) is 4.90 Å². The minimum Gasteiger partial charge on any atom is -0.497 e. The van der Waals surface area contributed by atoms with Gasteiger partial charge in [0, 0.05) is 18.9 Å². The number of carbonyl (C=O) groups is 1. The van der Waals surface area contributed by atoms with E-state index in [0.717, 1.165) is 37.0 Å². The highest BCUT2D eigenvalue weighted by Gasteiger charge is 2.39. The summed E-state index contributed by atoms with van der Waals surface area (Å²) in [6.07, 6.45) is 3.78. The van der Waals surface area contributed by atoms with Crippen LogP contribution < -0.4 is 4.74 Å². The van der Waals surface area contributed by atoms with Crippen molar-refractivity contribution in [3.8, 4) is 5.75 Å². The summed E-state index contributed by atoms with van der Waals surface area (Å²) in [6.45, 7) is 1.78. The van der Waals surface area contributed by atoms with Gasteiger partial charge >= 0.3 is 0 Å². The number of benzene rings is 1. The van der Waals surface area contributed by atoms with Crippen LogP contribution in [0.15, 0.2) is 24.3 Å². The summed E-state index contributed by atoms with van der Waals surface area (Å²) < 4.78 is 10.8. The highest BCUT2D eigenvalue weighted by molar-refractivity contribution is 5.77. The number of amides is 1. The second-order valence-corrected chi connectivity index (χ2v) is 6.74. The van der Waals surface area contributed by atoms with Gasteiger partial charge < -0.3 is 19.5 Å². The molecule has 1 heterocycles. The Balaban J connectivity index is 1.59. The molecule has 24 heavy (non-hydrogen) atoms. The second kappa shape index (κ2) is 7.99. The van der Waals surface area contributed by atoms with Crippen molar-refractivity contribution >= 4 is 5.91 Å². The molecule has 0 aromatic heterocycles. The molecule has 1 N–H and O–H groups in total. The van der Waals surface area contributed by atoms with Crippen molar-refractivity contribution < 1.29 is 19.4 Å². The molecule has 0 spiro atoms. The van der Waals surface area contributed by atoms with Crippen molar-refractivity contribution in [2.45, 2.75) is 44.2 Å². The number of ether oxygens (including phenoxy) is 2. The lowest BCUT2D eigenvalue weighted by molar-refractivity contribution is -0.143. The zero-order valence-corrected chi connectivity index (χ0v) is 14.3. The second-order valence-electron chi connectivity index (χ2n) is 6.74. The van der Waals surface area contributed by atoms with Gasteiger partial charge in [-0.3, -0.25) is 4.79 Å². The third kappa shape index (κ3) is 3.90. The average Bonchev–Trinajstić information content (AvgIpc) is 3.06. The molecule has 1 saturated carbocycles. The van der Waals surface area contributed by atoms with Gasteiger partial charge in [0.1, 0.15) is 5.75 Å². The van der Waals surface area contributed by atoms with Gasteiger partial charge in [0.2, 0.25) is 5.91 Å². The Morgan fingerprint density at radius 2 is 2.12 bits per heavy atom. The van der Waals surface area contributed by atoms with Crippen LogP contribution in [0.3, 0.4) is 0 Å². The van der Waals surface area contributed by atoms with E-state index in [9.17, 15) is 9.90 Å². The molecule has 1 aliphatic carbocycles. The summed E-state index contributed by atoms with van der Waals surface area (Å²) in [5, 5.41) is 10.2. The largest absolute Gasteiger partial charge is 0.497 e. The van der Waals surface area contributed by atoms with Crippen LogP contribution >= 0.6 is 0 Å². The molecule has 3 rings (SSSR count). The van der Waals surface area contributed by atoms with Gasteiger partial charge in [-0.05, 0) is 37.0 Å². The van der Waals surface area contributed by atoms with E-state index in [4.69, 9.17) is 9.47 Å². The van der Waals surface area contributed by atoms with Crippen LogP contribution in [0, 0.1) is 5.92 Å². The van der Waals surface area contributed by atoms with E-state index in [1.165, 1.54) is 0 Å². The van der Waals surface area contributed by atoms with Crippen LogP contribution in [0.2, 0.25) is 0 Å². The number of nitrogens with zero attached hydrogens (tertiary/aromatic N) is 1. The maximum Gasteiger partial charge on any atom is 0.223 e. The van der Waals surface area contributed by atoms with Crippen molar-refractivity contribution in [1.29, 1.82) is 0 Å². The molecule has 0 unspecified atom stereocenters. The first-order valence-corrected chi connectivity index (χ1v) is 8.87. The van der Waals surface area contributed by atoms with E-state index in [1.54, 1.807) is 7.11 Å². The Morgan fingerprint density at radius 3 is 2.79 bits per heavy atom. The summed E-state index contributed by atoms with van der Waals surface area (Å²) in [6, 6.07) is 7.88. The standard InChI is InChI=1S/C19H27NO4/c1-23-15-8-5-14(6-9-15)7-10-19(22)20-11-12-24-13-17(20)16-3-2-4-18(16)21/h5-6,8-9,16-18,21H,2-4,7,10-13H2,1H3/t16-,17+,18-/m0/s1. The molecule has 0 radical (unpaired) electrons. The predicted octanol–water partition coefficient (Wildman–Crippen LogP) is 2.02. The van der Waals surface area contributed by atoms with Gasteiger partial charge in [0.15, 0.2) is 0 Å². The van der Waals surface area contributed by atoms with Gasteiger partial charge in [0.25, 0.3) is 0 Å². The van der Waals surface area contributed by atoms with Crippen LogP contribution in [0.25, 0.3) is 0 Å². The fraction of sp³-hybridized carbons (Fsp3) is 0.632. The molecular weight excluding hydrogens is 306 g/mol. The Hall–Kier alpha value is -1.59. The van der Waals surface area contributed by atoms with E-state index < -0.39 is 0 Å². The molecule has 2 fully saturated rings. The first-order chi connectivity index (χ1) is 11.7. The molecule has 1 saturated heterocycles. The summed E-state index contributed by atoms with van der Waals surface area (Å²) >= 11 is 0. The van der Waals surface area contributed by atoms with Gasteiger partial charge in [-0.2, -0.15) is 0 Å². The van der Waals surface area contributed by atoms with Crippen molar-refractivity contribution in [2.24, 2.45) is 5.92 Å². The highest BCUT2D eigenvalue weighted by atomic mass is 16.5. The molecule has 2 aliphatic rings. The molecule has 132 valence electrons. The fourth-order valence-electron chi connectivity index (χ4n) is 3.89. The lowest BCUT2D eigenvalue weighted by Crippen LogP contribution is -2.53. The topological polar surface area (TPSA) is 59.0 Å². The quantitative estimate of drug-likeness (QED) is 0.895. The minimum atomic E-state index is -0.298. The maximum absolute atomic E-state index is 12.7. The summed E-state index contributed by atoms with van der Waals surface area (Å²) in [5.74, 6) is 1.15. The smallest absolute Gasteiger partial charge is 0.223 e. The summed E-state index contributed by atoms with van der Waals surface area (Å²) in [4.78, 5) is 14.7. The number of aliphatic hydroxyl groups is 1. The van der Waals surface area contributed by atoms with Gasteiger partial charge in [-0.15, -0.1) is 0 Å². The van der Waals surface area contributed by atoms with E-state index in [0.29, 0.717) is 26.2 Å². The van der Waals surface area contributed by atoms with E-state index in [1.807, 2.05) is 29.2 Å². The first kappa shape index (κ1) is 17.2. The van der Waals surface area contributed by atoms with E-state index >= 15 is 0 Å². The van der Waals surface area contributed by atoms with E-state index in [-0.39, 0.29) is 24.0 Å². The average molecular weight is 333 g/mol. The van der Waals surface area contributed by atoms with Crippen molar-refractivity contribution in [2.75, 3.05) is 26.9 Å². The van der Waals surface area contributed by atoms with Gasteiger partial charge in [-0.25, -0.2) is 0 Å². The van der Waals surface area contributed by atoms with Gasteiger partial charge in [-0.1, -0.05) is 18.6 Å². The van der Waals surface area contributed by atoms with Crippen LogP contribution in [0.1, 0.15) is 31.2 Å². The Labute approximate surface area is 143 Å². The number of aliphatic hydroxyl groups excluding tert-OH is 1. The SMILES string of the molecule is COc1ccc(CCC(=O)N2CCOC[C@@H]2[C@@H]2CCC[C@@H]2O)cc1. The van der Waals surface area contributed by atoms with Crippen molar-refractivity contribution in [3.63, 3.8) is 0 Å². The molecule has 0 bridgehead atoms. The molecule has 5 nitrogen and oxygen atoms in total. The molecular formula is C19H27NO4. The molecule has 1 aromatic carbocycles.